The van der Waals surface area contributed by atoms with E-state index in [2.05, 4.69) is 40.7 Å². The molecule has 1 aliphatic carbocycles. The third kappa shape index (κ3) is 7.60. The molecule has 1 aromatic carbocycles. The van der Waals surface area contributed by atoms with Crippen LogP contribution in [0.4, 0.5) is 0 Å². The molecular weight excluding hydrogens is 503 g/mol. The number of sulfonamides is 1. The van der Waals surface area contributed by atoms with Gasteiger partial charge in [0.25, 0.3) is 0 Å². The van der Waals surface area contributed by atoms with Crippen LogP contribution in [0, 0.1) is 18.8 Å². The van der Waals surface area contributed by atoms with Crippen LogP contribution in [-0.2, 0) is 16.6 Å². The highest BCUT2D eigenvalue weighted by Gasteiger charge is 2.28. The summed E-state index contributed by atoms with van der Waals surface area (Å²) in [4.78, 5) is 4.29. The summed E-state index contributed by atoms with van der Waals surface area (Å²) in [6, 6.07) is 6.28. The molecule has 3 rings (SSSR count). The summed E-state index contributed by atoms with van der Waals surface area (Å²) in [5.41, 5.74) is 2.30. The molecule has 2 aliphatic rings. The Morgan fingerprint density at radius 1 is 1.24 bits per heavy atom. The van der Waals surface area contributed by atoms with E-state index < -0.39 is 10.0 Å². The van der Waals surface area contributed by atoms with E-state index in [1.807, 2.05) is 0 Å². The minimum Gasteiger partial charge on any atom is -0.493 e. The Balaban J connectivity index is 0.00000300. The predicted molar refractivity (Wildman–Crippen MR) is 128 cm³/mol. The van der Waals surface area contributed by atoms with E-state index in [4.69, 9.17) is 4.74 Å². The first-order valence-corrected chi connectivity index (χ1v) is 11.8. The zero-order valence-electron chi connectivity index (χ0n) is 17.5. The van der Waals surface area contributed by atoms with Gasteiger partial charge in [0, 0.05) is 38.8 Å². The summed E-state index contributed by atoms with van der Waals surface area (Å²) in [7, 11) is -1.35. The maximum absolute atomic E-state index is 11.6. The summed E-state index contributed by atoms with van der Waals surface area (Å²) in [5.74, 6) is 2.67. The normalized spacial score (nSPS) is 20.2. The lowest BCUT2D eigenvalue weighted by Gasteiger charge is -2.17. The van der Waals surface area contributed by atoms with Gasteiger partial charge in [-0.05, 0) is 49.7 Å². The van der Waals surface area contributed by atoms with E-state index in [-0.39, 0.29) is 24.0 Å². The van der Waals surface area contributed by atoms with Gasteiger partial charge < -0.3 is 15.4 Å². The van der Waals surface area contributed by atoms with Gasteiger partial charge in [0.15, 0.2) is 5.96 Å². The van der Waals surface area contributed by atoms with E-state index in [0.717, 1.165) is 24.3 Å². The van der Waals surface area contributed by atoms with Crippen molar-refractivity contribution in [2.45, 2.75) is 32.7 Å². The fourth-order valence-corrected chi connectivity index (χ4v) is 4.26. The van der Waals surface area contributed by atoms with Crippen LogP contribution in [0.3, 0.4) is 0 Å². The second kappa shape index (κ2) is 10.8. The number of halogens is 1. The minimum absolute atomic E-state index is 0. The maximum Gasteiger partial charge on any atom is 0.211 e. The highest BCUT2D eigenvalue weighted by molar-refractivity contribution is 14.0. The summed E-state index contributed by atoms with van der Waals surface area (Å²) in [6.07, 6.45) is 4.68. The number of ether oxygens (including phenoxy) is 1. The van der Waals surface area contributed by atoms with Crippen LogP contribution in [-0.4, -0.2) is 58.2 Å². The molecule has 0 amide bonds. The Morgan fingerprint density at radius 3 is 2.62 bits per heavy atom. The Labute approximate surface area is 191 Å². The number of nitrogens with zero attached hydrogens (tertiary/aromatic N) is 2. The first-order chi connectivity index (χ1) is 13.3. The molecule has 1 atom stereocenters. The number of hydrogen-bond donors (Lipinski definition) is 2. The predicted octanol–water partition coefficient (Wildman–Crippen LogP) is 2.35. The van der Waals surface area contributed by atoms with Crippen LogP contribution in [0.1, 0.15) is 30.4 Å². The smallest absolute Gasteiger partial charge is 0.211 e. The topological polar surface area (TPSA) is 83.0 Å². The number of guanidine groups is 1. The van der Waals surface area contributed by atoms with Gasteiger partial charge in [-0.3, -0.25) is 4.99 Å². The van der Waals surface area contributed by atoms with Crippen LogP contribution in [0.25, 0.3) is 0 Å². The average Bonchev–Trinajstić information content (AvgIpc) is 3.35. The molecule has 7 nitrogen and oxygen atoms in total. The van der Waals surface area contributed by atoms with Crippen molar-refractivity contribution in [3.63, 3.8) is 0 Å². The lowest BCUT2D eigenvalue weighted by molar-refractivity contribution is 0.296. The number of rotatable bonds is 8. The summed E-state index contributed by atoms with van der Waals surface area (Å²) >= 11 is 0. The summed E-state index contributed by atoms with van der Waals surface area (Å²) in [5, 5.41) is 6.66. The van der Waals surface area contributed by atoms with Gasteiger partial charge in [-0.15, -0.1) is 24.0 Å². The van der Waals surface area contributed by atoms with E-state index >= 15 is 0 Å². The SMILES string of the molecule is CN=C(NCc1ccc(C)cc1OCC1CC1)NCC1CCN(S(C)(=O)=O)C1.I. The van der Waals surface area contributed by atoms with Gasteiger partial charge in [0.1, 0.15) is 5.75 Å². The van der Waals surface area contributed by atoms with Gasteiger partial charge in [-0.25, -0.2) is 12.7 Å². The van der Waals surface area contributed by atoms with Crippen molar-refractivity contribution in [1.82, 2.24) is 14.9 Å². The van der Waals surface area contributed by atoms with Gasteiger partial charge in [0.05, 0.1) is 12.9 Å². The molecule has 1 aliphatic heterocycles. The van der Waals surface area contributed by atoms with Gasteiger partial charge >= 0.3 is 0 Å². The average molecular weight is 536 g/mol. The molecule has 0 radical (unpaired) electrons. The van der Waals surface area contributed by atoms with E-state index in [1.54, 1.807) is 11.4 Å². The van der Waals surface area contributed by atoms with Crippen molar-refractivity contribution < 1.29 is 13.2 Å². The molecule has 0 spiro atoms. The number of nitrogens with one attached hydrogen (secondary N) is 2. The van der Waals surface area contributed by atoms with Gasteiger partial charge in [-0.2, -0.15) is 0 Å². The lowest BCUT2D eigenvalue weighted by Crippen LogP contribution is -2.40. The molecular formula is C20H33IN4O3S. The third-order valence-corrected chi connectivity index (χ3v) is 6.61. The molecule has 1 saturated carbocycles. The number of benzene rings is 1. The second-order valence-electron chi connectivity index (χ2n) is 7.95. The first kappa shape index (κ1) is 24.2. The molecule has 164 valence electrons. The molecule has 9 heteroatoms. The molecule has 1 heterocycles. The van der Waals surface area contributed by atoms with E-state index in [9.17, 15) is 8.42 Å². The minimum atomic E-state index is -3.10. The quantitative estimate of drug-likeness (QED) is 0.303. The molecule has 2 N–H and O–H groups in total. The number of hydrogen-bond acceptors (Lipinski definition) is 4. The molecule has 0 bridgehead atoms. The fraction of sp³-hybridized carbons (Fsp3) is 0.650. The zero-order chi connectivity index (χ0) is 20.1. The second-order valence-corrected chi connectivity index (χ2v) is 9.93. The summed E-state index contributed by atoms with van der Waals surface area (Å²) in [6.45, 7) is 5.36. The fourth-order valence-electron chi connectivity index (χ4n) is 3.34. The molecule has 1 aromatic rings. The molecule has 0 aromatic heterocycles. The van der Waals surface area contributed by atoms with E-state index in [0.29, 0.717) is 44.0 Å². The van der Waals surface area contributed by atoms with Crippen LogP contribution in [0.2, 0.25) is 0 Å². The Hall–Kier alpha value is -1.07. The number of aryl methyl sites for hydroxylation is 1. The monoisotopic (exact) mass is 536 g/mol. The van der Waals surface area contributed by atoms with Crippen LogP contribution in [0.15, 0.2) is 23.2 Å². The maximum atomic E-state index is 11.6. The highest BCUT2D eigenvalue weighted by Crippen LogP contribution is 2.30. The first-order valence-electron chi connectivity index (χ1n) is 9.97. The van der Waals surface area contributed by atoms with Crippen molar-refractivity contribution in [3.8, 4) is 5.75 Å². The van der Waals surface area contributed by atoms with Crippen molar-refractivity contribution >= 4 is 40.0 Å². The van der Waals surface area contributed by atoms with Crippen LogP contribution < -0.4 is 15.4 Å². The Bertz CT molecular complexity index is 812. The highest BCUT2D eigenvalue weighted by atomic mass is 127. The molecule has 2 fully saturated rings. The summed E-state index contributed by atoms with van der Waals surface area (Å²) < 4.78 is 30.9. The largest absolute Gasteiger partial charge is 0.493 e. The van der Waals surface area contributed by atoms with Crippen LogP contribution in [0.5, 0.6) is 5.75 Å². The Kier molecular flexibility index (Phi) is 9.02. The van der Waals surface area contributed by atoms with Crippen molar-refractivity contribution in [3.05, 3.63) is 29.3 Å². The molecule has 1 saturated heterocycles. The Morgan fingerprint density at radius 2 is 2.00 bits per heavy atom. The molecule has 29 heavy (non-hydrogen) atoms. The lowest BCUT2D eigenvalue weighted by atomic mass is 10.1. The third-order valence-electron chi connectivity index (χ3n) is 5.34. The number of aliphatic imine (C=N–C) groups is 1. The van der Waals surface area contributed by atoms with Crippen molar-refractivity contribution in [1.29, 1.82) is 0 Å². The van der Waals surface area contributed by atoms with E-state index in [1.165, 1.54) is 24.7 Å². The molecule has 1 unspecified atom stereocenters. The standard InChI is InChI=1S/C20H32N4O3S.HI/c1-15-4-7-18(19(10-15)27-14-16-5-6-16)12-23-20(21-2)22-11-17-8-9-24(13-17)28(3,25)26;/h4,7,10,16-17H,5-6,8-9,11-14H2,1-3H3,(H2,21,22,23);1H. The van der Waals surface area contributed by atoms with Crippen LogP contribution >= 0.6 is 24.0 Å². The van der Waals surface area contributed by atoms with Gasteiger partial charge in [0.2, 0.25) is 10.0 Å². The van der Waals surface area contributed by atoms with Crippen molar-refractivity contribution in [2.24, 2.45) is 16.8 Å². The van der Waals surface area contributed by atoms with Gasteiger partial charge in [-0.1, -0.05) is 12.1 Å². The van der Waals surface area contributed by atoms with Crippen molar-refractivity contribution in [2.75, 3.05) is 39.5 Å². The zero-order valence-corrected chi connectivity index (χ0v) is 20.6.